The zero-order valence-electron chi connectivity index (χ0n) is 10.5. The van der Waals surface area contributed by atoms with E-state index in [1.54, 1.807) is 12.4 Å². The molecular weight excluding hydrogens is 242 g/mol. The number of anilines is 1. The van der Waals surface area contributed by atoms with Crippen LogP contribution >= 0.6 is 0 Å². The van der Waals surface area contributed by atoms with Crippen LogP contribution in [0.5, 0.6) is 0 Å². The summed E-state index contributed by atoms with van der Waals surface area (Å²) >= 11 is 0. The van der Waals surface area contributed by atoms with Crippen molar-refractivity contribution in [3.8, 4) is 22.6 Å². The van der Waals surface area contributed by atoms with E-state index in [9.17, 15) is 0 Å². The fraction of sp³-hybridized carbons (Fsp3) is 0.143. The van der Waals surface area contributed by atoms with Crippen molar-refractivity contribution < 1.29 is 8.94 Å². The van der Waals surface area contributed by atoms with Crippen LogP contribution in [0, 0.1) is 0 Å². The quantitative estimate of drug-likeness (QED) is 0.777. The van der Waals surface area contributed by atoms with Crippen LogP contribution in [0.4, 0.5) is 5.82 Å². The molecule has 3 aromatic heterocycles. The maximum atomic E-state index is 5.88. The third kappa shape index (κ3) is 1.99. The van der Waals surface area contributed by atoms with E-state index in [1.807, 2.05) is 31.2 Å². The Bertz CT molecular complexity index is 686. The van der Waals surface area contributed by atoms with Gasteiger partial charge in [0.05, 0.1) is 5.56 Å². The van der Waals surface area contributed by atoms with Crippen LogP contribution in [-0.4, -0.2) is 10.1 Å². The second-order valence-corrected chi connectivity index (χ2v) is 4.13. The number of hydrogen-bond donors (Lipinski definition) is 1. The Balaban J connectivity index is 2.13. The lowest BCUT2D eigenvalue weighted by Gasteiger charge is -1.99. The number of aromatic nitrogens is 2. The normalized spacial score (nSPS) is 10.8. The predicted octanol–water partition coefficient (Wildman–Crippen LogP) is 3.14. The van der Waals surface area contributed by atoms with Gasteiger partial charge in [-0.3, -0.25) is 4.98 Å². The Morgan fingerprint density at radius 3 is 2.63 bits per heavy atom. The first kappa shape index (κ1) is 11.5. The van der Waals surface area contributed by atoms with Crippen LogP contribution in [0.3, 0.4) is 0 Å². The standard InChI is InChI=1S/C14H13N3O2/c1-2-10-3-4-11(18-10)13-12(14(15)17-19-13)9-5-7-16-8-6-9/h3-8H,2H2,1H3,(H2,15,17). The largest absolute Gasteiger partial charge is 0.458 e. The zero-order chi connectivity index (χ0) is 13.2. The first-order chi connectivity index (χ1) is 9.29. The first-order valence-electron chi connectivity index (χ1n) is 6.04. The van der Waals surface area contributed by atoms with Crippen molar-refractivity contribution >= 4 is 5.82 Å². The Morgan fingerprint density at radius 1 is 1.16 bits per heavy atom. The van der Waals surface area contributed by atoms with E-state index in [-0.39, 0.29) is 0 Å². The lowest BCUT2D eigenvalue weighted by Crippen LogP contribution is -1.88. The van der Waals surface area contributed by atoms with Gasteiger partial charge in [-0.1, -0.05) is 12.1 Å². The van der Waals surface area contributed by atoms with Crippen molar-refractivity contribution in [1.29, 1.82) is 0 Å². The van der Waals surface area contributed by atoms with Gasteiger partial charge in [0.2, 0.25) is 5.76 Å². The Morgan fingerprint density at radius 2 is 1.95 bits per heavy atom. The highest BCUT2D eigenvalue weighted by molar-refractivity contribution is 5.84. The van der Waals surface area contributed by atoms with Gasteiger partial charge in [-0.15, -0.1) is 0 Å². The monoisotopic (exact) mass is 255 g/mol. The highest BCUT2D eigenvalue weighted by Crippen LogP contribution is 2.36. The maximum Gasteiger partial charge on any atom is 0.212 e. The summed E-state index contributed by atoms with van der Waals surface area (Å²) < 4.78 is 11.0. The zero-order valence-corrected chi connectivity index (χ0v) is 10.5. The molecule has 0 spiro atoms. The summed E-state index contributed by atoms with van der Waals surface area (Å²) in [5.41, 5.74) is 7.52. The summed E-state index contributed by atoms with van der Waals surface area (Å²) in [5, 5.41) is 3.83. The number of pyridine rings is 1. The summed E-state index contributed by atoms with van der Waals surface area (Å²) in [4.78, 5) is 3.99. The molecule has 0 aliphatic rings. The molecule has 0 bridgehead atoms. The average Bonchev–Trinajstić information content (AvgIpc) is 3.05. The minimum absolute atomic E-state index is 0.343. The van der Waals surface area contributed by atoms with Gasteiger partial charge in [-0.05, 0) is 29.8 Å². The van der Waals surface area contributed by atoms with Crippen molar-refractivity contribution in [2.24, 2.45) is 0 Å². The molecule has 0 amide bonds. The molecule has 3 rings (SSSR count). The fourth-order valence-electron chi connectivity index (χ4n) is 1.96. The molecule has 0 aliphatic carbocycles. The molecule has 0 unspecified atom stereocenters. The van der Waals surface area contributed by atoms with E-state index < -0.39 is 0 Å². The fourth-order valence-corrected chi connectivity index (χ4v) is 1.96. The second-order valence-electron chi connectivity index (χ2n) is 4.13. The third-order valence-corrected chi connectivity index (χ3v) is 2.92. The number of hydrogen-bond acceptors (Lipinski definition) is 5. The maximum absolute atomic E-state index is 5.88. The van der Waals surface area contributed by atoms with Crippen LogP contribution in [0.1, 0.15) is 12.7 Å². The average molecular weight is 255 g/mol. The Labute approximate surface area is 110 Å². The molecule has 0 aromatic carbocycles. The van der Waals surface area contributed by atoms with Gasteiger partial charge >= 0.3 is 0 Å². The van der Waals surface area contributed by atoms with E-state index >= 15 is 0 Å². The minimum atomic E-state index is 0.343. The number of aryl methyl sites for hydroxylation is 1. The molecular formula is C14H13N3O2. The van der Waals surface area contributed by atoms with Gasteiger partial charge in [-0.25, -0.2) is 0 Å². The summed E-state index contributed by atoms with van der Waals surface area (Å²) in [6.07, 6.45) is 4.23. The summed E-state index contributed by atoms with van der Waals surface area (Å²) in [6.45, 7) is 2.03. The van der Waals surface area contributed by atoms with Gasteiger partial charge in [0.25, 0.3) is 0 Å². The lowest BCUT2D eigenvalue weighted by molar-refractivity contribution is 0.416. The van der Waals surface area contributed by atoms with Gasteiger partial charge in [0.15, 0.2) is 11.6 Å². The van der Waals surface area contributed by atoms with E-state index in [2.05, 4.69) is 10.1 Å². The van der Waals surface area contributed by atoms with Crippen molar-refractivity contribution in [1.82, 2.24) is 10.1 Å². The first-order valence-corrected chi connectivity index (χ1v) is 6.04. The topological polar surface area (TPSA) is 78.1 Å². The number of nitrogen functional groups attached to an aromatic ring is 1. The van der Waals surface area contributed by atoms with E-state index in [1.165, 1.54) is 0 Å². The van der Waals surface area contributed by atoms with Gasteiger partial charge in [0, 0.05) is 18.8 Å². The highest BCUT2D eigenvalue weighted by Gasteiger charge is 2.20. The molecule has 0 aliphatic heterocycles. The van der Waals surface area contributed by atoms with Crippen LogP contribution in [0.15, 0.2) is 45.6 Å². The molecule has 0 atom stereocenters. The molecule has 2 N–H and O–H groups in total. The summed E-state index contributed by atoms with van der Waals surface area (Å²) in [6, 6.07) is 7.50. The van der Waals surface area contributed by atoms with Crippen LogP contribution in [0.25, 0.3) is 22.6 Å². The molecule has 5 heteroatoms. The van der Waals surface area contributed by atoms with E-state index in [0.29, 0.717) is 17.3 Å². The van der Waals surface area contributed by atoms with Gasteiger partial charge < -0.3 is 14.7 Å². The third-order valence-electron chi connectivity index (χ3n) is 2.92. The van der Waals surface area contributed by atoms with Crippen LogP contribution < -0.4 is 5.73 Å². The molecule has 0 fully saturated rings. The number of nitrogens with zero attached hydrogens (tertiary/aromatic N) is 2. The molecule has 0 saturated heterocycles. The van der Waals surface area contributed by atoms with Gasteiger partial charge in [0.1, 0.15) is 5.76 Å². The Hall–Kier alpha value is -2.56. The molecule has 0 saturated carbocycles. The number of rotatable bonds is 3. The summed E-state index contributed by atoms with van der Waals surface area (Å²) in [5.74, 6) is 2.41. The lowest BCUT2D eigenvalue weighted by atomic mass is 10.1. The SMILES string of the molecule is CCc1ccc(-c2onc(N)c2-c2ccncc2)o1. The second kappa shape index (κ2) is 4.61. The van der Waals surface area contributed by atoms with Gasteiger partial charge in [-0.2, -0.15) is 0 Å². The molecule has 19 heavy (non-hydrogen) atoms. The van der Waals surface area contributed by atoms with Crippen molar-refractivity contribution in [3.63, 3.8) is 0 Å². The smallest absolute Gasteiger partial charge is 0.212 e. The number of furan rings is 1. The van der Waals surface area contributed by atoms with Crippen molar-refractivity contribution in [3.05, 3.63) is 42.4 Å². The van der Waals surface area contributed by atoms with Crippen molar-refractivity contribution in [2.75, 3.05) is 5.73 Å². The minimum Gasteiger partial charge on any atom is -0.458 e. The van der Waals surface area contributed by atoms with Crippen molar-refractivity contribution in [2.45, 2.75) is 13.3 Å². The van der Waals surface area contributed by atoms with Crippen LogP contribution in [-0.2, 0) is 6.42 Å². The number of nitrogens with two attached hydrogens (primary N) is 1. The Kier molecular flexibility index (Phi) is 2.79. The highest BCUT2D eigenvalue weighted by atomic mass is 16.5. The van der Waals surface area contributed by atoms with Crippen LogP contribution in [0.2, 0.25) is 0 Å². The van der Waals surface area contributed by atoms with E-state index in [4.69, 9.17) is 14.7 Å². The molecule has 5 nitrogen and oxygen atoms in total. The van der Waals surface area contributed by atoms with E-state index in [0.717, 1.165) is 23.3 Å². The molecule has 0 radical (unpaired) electrons. The molecule has 3 aromatic rings. The molecule has 3 heterocycles. The molecule has 96 valence electrons. The summed E-state index contributed by atoms with van der Waals surface area (Å²) in [7, 11) is 0. The predicted molar refractivity (Wildman–Crippen MR) is 71.2 cm³/mol.